The van der Waals surface area contributed by atoms with Crippen LogP contribution < -0.4 is 11.1 Å². The molecule has 2 heterocycles. The zero-order valence-electron chi connectivity index (χ0n) is 13.2. The summed E-state index contributed by atoms with van der Waals surface area (Å²) in [5.41, 5.74) is 6.95. The van der Waals surface area contributed by atoms with Crippen molar-refractivity contribution in [3.8, 4) is 0 Å². The summed E-state index contributed by atoms with van der Waals surface area (Å²) in [6.07, 6.45) is 1.89. The van der Waals surface area contributed by atoms with Gasteiger partial charge in [0.25, 0.3) is 0 Å². The summed E-state index contributed by atoms with van der Waals surface area (Å²) in [6.45, 7) is 2.75. The fourth-order valence-electron chi connectivity index (χ4n) is 2.69. The molecule has 2 amide bonds. The van der Waals surface area contributed by atoms with Crippen LogP contribution in [0.3, 0.4) is 0 Å². The molecule has 1 aliphatic heterocycles. The van der Waals surface area contributed by atoms with E-state index in [1.165, 1.54) is 0 Å². The maximum Gasteiger partial charge on any atom is 0.242 e. The number of benzene rings is 1. The third-order valence-electron chi connectivity index (χ3n) is 3.91. The molecule has 0 aliphatic carbocycles. The number of hydrogen-bond acceptors (Lipinski definition) is 4. The second-order valence-electron chi connectivity index (χ2n) is 5.46. The molecule has 1 aliphatic rings. The molecule has 8 heteroatoms. The van der Waals surface area contributed by atoms with Crippen molar-refractivity contribution in [1.82, 2.24) is 9.47 Å². The minimum absolute atomic E-state index is 0. The molecular formula is C16H21ClN4O3. The van der Waals surface area contributed by atoms with Crippen molar-refractivity contribution in [2.45, 2.75) is 6.54 Å². The lowest BCUT2D eigenvalue weighted by Crippen LogP contribution is -2.42. The minimum Gasteiger partial charge on any atom is -0.378 e. The van der Waals surface area contributed by atoms with Gasteiger partial charge in [0.05, 0.1) is 19.8 Å². The highest BCUT2D eigenvalue weighted by Crippen LogP contribution is 2.21. The van der Waals surface area contributed by atoms with Crippen LogP contribution in [0.15, 0.2) is 30.5 Å². The topological polar surface area (TPSA) is 89.6 Å². The lowest BCUT2D eigenvalue weighted by atomic mass is 10.2. The third-order valence-corrected chi connectivity index (χ3v) is 3.91. The summed E-state index contributed by atoms with van der Waals surface area (Å²) in [4.78, 5) is 25.5. The van der Waals surface area contributed by atoms with E-state index < -0.39 is 0 Å². The van der Waals surface area contributed by atoms with Crippen molar-refractivity contribution < 1.29 is 14.3 Å². The van der Waals surface area contributed by atoms with Crippen molar-refractivity contribution in [1.29, 1.82) is 0 Å². The number of carbonyl (C=O) groups excluding carboxylic acids is 2. The van der Waals surface area contributed by atoms with Gasteiger partial charge in [-0.3, -0.25) is 9.59 Å². The van der Waals surface area contributed by atoms with Gasteiger partial charge in [0, 0.05) is 35.9 Å². The number of aromatic nitrogens is 1. The molecule has 3 N–H and O–H groups in total. The van der Waals surface area contributed by atoms with Gasteiger partial charge in [-0.05, 0) is 24.3 Å². The highest BCUT2D eigenvalue weighted by Gasteiger charge is 2.17. The molecule has 7 nitrogen and oxygen atoms in total. The zero-order chi connectivity index (χ0) is 16.2. The Balaban J connectivity index is 0.00000208. The van der Waals surface area contributed by atoms with Crippen molar-refractivity contribution in [2.24, 2.45) is 5.73 Å². The number of halogens is 1. The van der Waals surface area contributed by atoms with Crippen LogP contribution in [0, 0.1) is 0 Å². The molecule has 0 atom stereocenters. The van der Waals surface area contributed by atoms with Gasteiger partial charge in [0.15, 0.2) is 0 Å². The first-order valence-electron chi connectivity index (χ1n) is 7.62. The maximum atomic E-state index is 12.3. The molecule has 1 aromatic heterocycles. The van der Waals surface area contributed by atoms with Gasteiger partial charge in [-0.15, -0.1) is 12.4 Å². The minimum atomic E-state index is -0.230. The van der Waals surface area contributed by atoms with Crippen LogP contribution in [-0.4, -0.2) is 54.1 Å². The Bertz CT molecular complexity index is 725. The molecule has 0 radical (unpaired) electrons. The number of hydrogen-bond donors (Lipinski definition) is 2. The van der Waals surface area contributed by atoms with Crippen LogP contribution in [0.5, 0.6) is 0 Å². The maximum absolute atomic E-state index is 12.3. The third kappa shape index (κ3) is 4.05. The summed E-state index contributed by atoms with van der Waals surface area (Å²) in [5.74, 6) is -0.141. The van der Waals surface area contributed by atoms with Crippen molar-refractivity contribution in [2.75, 3.05) is 38.2 Å². The predicted molar refractivity (Wildman–Crippen MR) is 94.3 cm³/mol. The molecule has 24 heavy (non-hydrogen) atoms. The van der Waals surface area contributed by atoms with E-state index in [2.05, 4.69) is 5.32 Å². The van der Waals surface area contributed by atoms with Crippen LogP contribution in [0.2, 0.25) is 0 Å². The van der Waals surface area contributed by atoms with Crippen LogP contribution in [0.1, 0.15) is 0 Å². The van der Waals surface area contributed by atoms with Crippen molar-refractivity contribution >= 4 is 40.8 Å². The molecule has 0 saturated carbocycles. The Kier molecular flexibility index (Phi) is 6.19. The fraction of sp³-hybridized carbons (Fsp3) is 0.375. The highest BCUT2D eigenvalue weighted by atomic mass is 35.5. The fourth-order valence-corrected chi connectivity index (χ4v) is 2.69. The first kappa shape index (κ1) is 18.3. The summed E-state index contributed by atoms with van der Waals surface area (Å²) < 4.78 is 7.18. The van der Waals surface area contributed by atoms with Gasteiger partial charge in [-0.1, -0.05) is 0 Å². The van der Waals surface area contributed by atoms with Crippen LogP contribution in [0.4, 0.5) is 5.69 Å². The van der Waals surface area contributed by atoms with Gasteiger partial charge in [-0.2, -0.15) is 0 Å². The normalized spacial score (nSPS) is 14.3. The average molecular weight is 353 g/mol. The van der Waals surface area contributed by atoms with Gasteiger partial charge in [0.2, 0.25) is 11.8 Å². The molecule has 0 spiro atoms. The predicted octanol–water partition coefficient (Wildman–Crippen LogP) is 0.819. The van der Waals surface area contributed by atoms with E-state index in [1.54, 1.807) is 0 Å². The molecule has 2 aromatic rings. The summed E-state index contributed by atoms with van der Waals surface area (Å²) in [5, 5.41) is 3.69. The lowest BCUT2D eigenvalue weighted by molar-refractivity contribution is -0.135. The largest absolute Gasteiger partial charge is 0.378 e. The number of carbonyl (C=O) groups is 2. The number of anilines is 1. The number of ether oxygens (including phenoxy) is 1. The summed E-state index contributed by atoms with van der Waals surface area (Å²) in [6, 6.07) is 7.51. The van der Waals surface area contributed by atoms with Gasteiger partial charge in [0.1, 0.15) is 6.54 Å². The number of morpholine rings is 1. The Morgan fingerprint density at radius 1 is 1.21 bits per heavy atom. The van der Waals surface area contributed by atoms with E-state index >= 15 is 0 Å². The second kappa shape index (κ2) is 8.14. The first-order valence-corrected chi connectivity index (χ1v) is 7.62. The van der Waals surface area contributed by atoms with E-state index in [1.807, 2.05) is 39.9 Å². The van der Waals surface area contributed by atoms with E-state index in [0.717, 1.165) is 10.9 Å². The molecule has 1 saturated heterocycles. The molecule has 3 rings (SSSR count). The molecule has 130 valence electrons. The number of amides is 2. The van der Waals surface area contributed by atoms with Crippen molar-refractivity contribution in [3.63, 3.8) is 0 Å². The Morgan fingerprint density at radius 2 is 1.96 bits per heavy atom. The van der Waals surface area contributed by atoms with Crippen molar-refractivity contribution in [3.05, 3.63) is 30.5 Å². The number of nitrogens with two attached hydrogens (primary N) is 1. The van der Waals surface area contributed by atoms with E-state index in [9.17, 15) is 9.59 Å². The van der Waals surface area contributed by atoms with Crippen LogP contribution in [0.25, 0.3) is 10.9 Å². The Morgan fingerprint density at radius 3 is 2.67 bits per heavy atom. The summed E-state index contributed by atoms with van der Waals surface area (Å²) >= 11 is 0. The smallest absolute Gasteiger partial charge is 0.242 e. The van der Waals surface area contributed by atoms with Gasteiger partial charge >= 0.3 is 0 Å². The molecule has 1 fully saturated rings. The SMILES string of the molecule is Cl.NCC(=O)Nc1ccc2c(ccn2CC(=O)N2CCOCC2)c1. The Labute approximate surface area is 146 Å². The number of fused-ring (bicyclic) bond motifs is 1. The second-order valence-corrected chi connectivity index (χ2v) is 5.46. The molecule has 0 unspecified atom stereocenters. The first-order chi connectivity index (χ1) is 11.2. The molecular weight excluding hydrogens is 332 g/mol. The number of nitrogens with one attached hydrogen (secondary N) is 1. The van der Waals surface area contributed by atoms with Crippen LogP contribution in [-0.2, 0) is 20.9 Å². The summed E-state index contributed by atoms with van der Waals surface area (Å²) in [7, 11) is 0. The van der Waals surface area contributed by atoms with E-state index in [4.69, 9.17) is 10.5 Å². The lowest BCUT2D eigenvalue weighted by Gasteiger charge is -2.27. The molecule has 0 bridgehead atoms. The van der Waals surface area contributed by atoms with Gasteiger partial charge < -0.3 is 25.3 Å². The highest BCUT2D eigenvalue weighted by molar-refractivity contribution is 5.95. The zero-order valence-corrected chi connectivity index (χ0v) is 14.1. The van der Waals surface area contributed by atoms with E-state index in [0.29, 0.717) is 38.5 Å². The van der Waals surface area contributed by atoms with Crippen LogP contribution >= 0.6 is 12.4 Å². The average Bonchev–Trinajstić information content (AvgIpc) is 2.97. The number of nitrogens with zero attached hydrogens (tertiary/aromatic N) is 2. The Hall–Kier alpha value is -2.09. The molecule has 1 aromatic carbocycles. The van der Waals surface area contributed by atoms with E-state index in [-0.39, 0.29) is 30.8 Å². The quantitative estimate of drug-likeness (QED) is 0.852. The van der Waals surface area contributed by atoms with Gasteiger partial charge in [-0.25, -0.2) is 0 Å². The standard InChI is InChI=1S/C16H20N4O3.ClH/c17-10-15(21)18-13-1-2-14-12(9-13)3-4-20(14)11-16(22)19-5-7-23-8-6-19;/h1-4,9H,5-8,10-11,17H2,(H,18,21);1H. The monoisotopic (exact) mass is 352 g/mol. The number of rotatable bonds is 4.